The molecule has 35 heavy (non-hydrogen) atoms. The van der Waals surface area contributed by atoms with Gasteiger partial charge in [0.05, 0.1) is 12.1 Å². The molecule has 1 aliphatic carbocycles. The number of carbonyl (C=O) groups is 3. The molecule has 3 saturated heterocycles. The van der Waals surface area contributed by atoms with E-state index in [1.807, 2.05) is 4.90 Å². The number of amides is 3. The molecule has 5 rings (SSSR count). The van der Waals surface area contributed by atoms with Crippen LogP contribution in [0.4, 0.5) is 4.39 Å². The molecule has 8 nitrogen and oxygen atoms in total. The van der Waals surface area contributed by atoms with Gasteiger partial charge in [-0.1, -0.05) is 18.9 Å². The topological polar surface area (TPSA) is 85.0 Å². The molecule has 1 aromatic carbocycles. The predicted octanol–water partition coefficient (Wildman–Crippen LogP) is 1.56. The Hall–Kier alpha value is -2.52. The second-order valence-corrected chi connectivity index (χ2v) is 10.5. The molecule has 4 fully saturated rings. The third-order valence-corrected chi connectivity index (χ3v) is 8.25. The summed E-state index contributed by atoms with van der Waals surface area (Å²) in [6.07, 6.45) is 6.90. The summed E-state index contributed by atoms with van der Waals surface area (Å²) in [7, 11) is 0. The van der Waals surface area contributed by atoms with Gasteiger partial charge in [-0.15, -0.1) is 0 Å². The number of nitrogens with one attached hydrogen (secondary N) is 2. The van der Waals surface area contributed by atoms with Crippen molar-refractivity contribution in [1.29, 1.82) is 0 Å². The lowest BCUT2D eigenvalue weighted by Crippen LogP contribution is -2.60. The number of nitrogens with zero attached hydrogens (tertiary/aromatic N) is 3. The van der Waals surface area contributed by atoms with Gasteiger partial charge in [0.15, 0.2) is 0 Å². The van der Waals surface area contributed by atoms with E-state index in [0.717, 1.165) is 57.2 Å². The Bertz CT molecular complexity index is 958. The minimum Gasteiger partial charge on any atom is -0.342 e. The van der Waals surface area contributed by atoms with E-state index in [4.69, 9.17) is 0 Å². The van der Waals surface area contributed by atoms with E-state index in [0.29, 0.717) is 39.1 Å². The average Bonchev–Trinajstić information content (AvgIpc) is 3.42. The van der Waals surface area contributed by atoms with E-state index in [9.17, 15) is 18.8 Å². The number of carbonyl (C=O) groups excluding carboxylic acids is 3. The van der Waals surface area contributed by atoms with Gasteiger partial charge in [0.25, 0.3) is 5.91 Å². The predicted molar refractivity (Wildman–Crippen MR) is 129 cm³/mol. The van der Waals surface area contributed by atoms with Crippen molar-refractivity contribution in [2.24, 2.45) is 11.8 Å². The highest BCUT2D eigenvalue weighted by molar-refractivity contribution is 5.94. The molecule has 4 aliphatic rings. The van der Waals surface area contributed by atoms with E-state index in [1.165, 1.54) is 6.07 Å². The summed E-state index contributed by atoms with van der Waals surface area (Å²) >= 11 is 0. The fourth-order valence-electron chi connectivity index (χ4n) is 6.19. The zero-order chi connectivity index (χ0) is 24.4. The molecule has 190 valence electrons. The smallest absolute Gasteiger partial charge is 0.256 e. The Labute approximate surface area is 206 Å². The van der Waals surface area contributed by atoms with Crippen LogP contribution in [0, 0.1) is 17.7 Å². The van der Waals surface area contributed by atoms with Crippen LogP contribution in [0.5, 0.6) is 0 Å². The zero-order valence-electron chi connectivity index (χ0n) is 20.3. The number of rotatable bonds is 5. The van der Waals surface area contributed by atoms with Crippen molar-refractivity contribution in [3.05, 3.63) is 35.1 Å². The lowest BCUT2D eigenvalue weighted by atomic mass is 9.72. The van der Waals surface area contributed by atoms with Crippen LogP contribution in [0.25, 0.3) is 0 Å². The lowest BCUT2D eigenvalue weighted by Gasteiger charge is -2.41. The van der Waals surface area contributed by atoms with E-state index in [2.05, 4.69) is 15.8 Å². The molecule has 0 aromatic heterocycles. The van der Waals surface area contributed by atoms with Gasteiger partial charge in [0.2, 0.25) is 11.8 Å². The number of hydrogen-bond donors (Lipinski definition) is 2. The van der Waals surface area contributed by atoms with E-state index >= 15 is 0 Å². The number of benzene rings is 1. The normalized spacial score (nSPS) is 27.5. The van der Waals surface area contributed by atoms with Crippen LogP contribution >= 0.6 is 0 Å². The number of hydrogen-bond acceptors (Lipinski definition) is 5. The first-order valence-corrected chi connectivity index (χ1v) is 13.1. The van der Waals surface area contributed by atoms with Gasteiger partial charge in [-0.05, 0) is 55.7 Å². The molecule has 9 heteroatoms. The Morgan fingerprint density at radius 3 is 2.46 bits per heavy atom. The minimum atomic E-state index is -0.508. The third kappa shape index (κ3) is 5.35. The van der Waals surface area contributed by atoms with Crippen molar-refractivity contribution in [2.45, 2.75) is 51.0 Å². The summed E-state index contributed by atoms with van der Waals surface area (Å²) in [4.78, 5) is 43.6. The summed E-state index contributed by atoms with van der Waals surface area (Å²) < 4.78 is 14.7. The van der Waals surface area contributed by atoms with Gasteiger partial charge in [-0.2, -0.15) is 0 Å². The Kier molecular flexibility index (Phi) is 7.34. The summed E-state index contributed by atoms with van der Waals surface area (Å²) in [5, 5.41) is 0. The maximum absolute atomic E-state index is 14.7. The van der Waals surface area contributed by atoms with Crippen molar-refractivity contribution in [3.63, 3.8) is 0 Å². The van der Waals surface area contributed by atoms with E-state index in [1.54, 1.807) is 17.0 Å². The van der Waals surface area contributed by atoms with Gasteiger partial charge in [-0.3, -0.25) is 24.7 Å². The Balaban J connectivity index is 1.19. The van der Waals surface area contributed by atoms with Gasteiger partial charge in [-0.25, -0.2) is 9.82 Å². The number of halogens is 1. The van der Waals surface area contributed by atoms with Crippen molar-refractivity contribution in [1.82, 2.24) is 25.6 Å². The second kappa shape index (κ2) is 10.6. The van der Waals surface area contributed by atoms with Crippen LogP contribution in [0.3, 0.4) is 0 Å². The van der Waals surface area contributed by atoms with E-state index in [-0.39, 0.29) is 41.2 Å². The number of fused-ring (bicyclic) bond motifs is 1. The lowest BCUT2D eigenvalue weighted by molar-refractivity contribution is -0.133. The van der Waals surface area contributed by atoms with Gasteiger partial charge < -0.3 is 9.80 Å². The summed E-state index contributed by atoms with van der Waals surface area (Å²) in [5.41, 5.74) is 6.97. The summed E-state index contributed by atoms with van der Waals surface area (Å²) in [5.74, 6) is -0.277. The van der Waals surface area contributed by atoms with Crippen LogP contribution in [0.1, 0.15) is 54.4 Å². The monoisotopic (exact) mass is 485 g/mol. The molecule has 1 aromatic rings. The number of likely N-dealkylation sites (tertiary alicyclic amines) is 1. The van der Waals surface area contributed by atoms with Crippen LogP contribution in [-0.4, -0.2) is 84.3 Å². The standard InChI is InChI=1S/C26H36FN5O3/c27-22-8-7-18(16-23-19-5-1-2-6-20(19)25(34)29-28-23)15-21(22)26(35)32-13-11-30(12-14-32)17-24(33)31-9-3-4-10-31/h7-8,15,19-20,23,28H,1-6,9-14,16-17H2,(H,29,34). The van der Waals surface area contributed by atoms with Crippen LogP contribution < -0.4 is 10.9 Å². The van der Waals surface area contributed by atoms with Gasteiger partial charge >= 0.3 is 0 Å². The molecule has 3 amide bonds. The van der Waals surface area contributed by atoms with Crippen molar-refractivity contribution >= 4 is 17.7 Å². The summed E-state index contributed by atoms with van der Waals surface area (Å²) in [6.45, 7) is 4.27. The molecule has 3 heterocycles. The average molecular weight is 486 g/mol. The first-order chi connectivity index (χ1) is 17.0. The first-order valence-electron chi connectivity index (χ1n) is 13.1. The van der Waals surface area contributed by atoms with Crippen molar-refractivity contribution in [3.8, 4) is 0 Å². The molecule has 2 N–H and O–H groups in total. The molecule has 3 aliphatic heterocycles. The SMILES string of the molecule is O=C1NNC(Cc2ccc(F)c(C(=O)N3CCN(CC(=O)N4CCCC4)CC3)c2)C2CCCCC12. The fourth-order valence-corrected chi connectivity index (χ4v) is 6.19. The van der Waals surface area contributed by atoms with Crippen molar-refractivity contribution in [2.75, 3.05) is 45.8 Å². The van der Waals surface area contributed by atoms with Crippen LogP contribution in [-0.2, 0) is 16.0 Å². The fraction of sp³-hybridized carbons (Fsp3) is 0.654. The highest BCUT2D eigenvalue weighted by Crippen LogP contribution is 2.35. The maximum Gasteiger partial charge on any atom is 0.256 e. The second-order valence-electron chi connectivity index (χ2n) is 10.5. The highest BCUT2D eigenvalue weighted by atomic mass is 19.1. The third-order valence-electron chi connectivity index (χ3n) is 8.25. The molecule has 0 spiro atoms. The highest BCUT2D eigenvalue weighted by Gasteiger charge is 2.40. The number of piperazine rings is 1. The van der Waals surface area contributed by atoms with Crippen LogP contribution in [0.15, 0.2) is 18.2 Å². The van der Waals surface area contributed by atoms with Crippen molar-refractivity contribution < 1.29 is 18.8 Å². The molecule has 3 atom stereocenters. The largest absolute Gasteiger partial charge is 0.342 e. The molecule has 1 saturated carbocycles. The van der Waals surface area contributed by atoms with Gasteiger partial charge in [0, 0.05) is 51.2 Å². The Morgan fingerprint density at radius 1 is 0.943 bits per heavy atom. The Morgan fingerprint density at radius 2 is 1.69 bits per heavy atom. The number of hydrazine groups is 1. The van der Waals surface area contributed by atoms with E-state index < -0.39 is 5.82 Å². The first kappa shape index (κ1) is 24.2. The zero-order valence-corrected chi connectivity index (χ0v) is 20.3. The maximum atomic E-state index is 14.7. The molecule has 3 unspecified atom stereocenters. The quantitative estimate of drug-likeness (QED) is 0.661. The minimum absolute atomic E-state index is 0.0326. The summed E-state index contributed by atoms with van der Waals surface area (Å²) in [6, 6.07) is 4.87. The molecule has 0 radical (unpaired) electrons. The molecular weight excluding hydrogens is 449 g/mol. The molecular formula is C26H36FN5O3. The molecule has 0 bridgehead atoms. The van der Waals surface area contributed by atoms with Crippen LogP contribution in [0.2, 0.25) is 0 Å². The van der Waals surface area contributed by atoms with Gasteiger partial charge in [0.1, 0.15) is 5.82 Å².